The maximum absolute atomic E-state index is 12.7. The van der Waals surface area contributed by atoms with Crippen molar-refractivity contribution >= 4 is 34.1 Å². The second-order valence-electron chi connectivity index (χ2n) is 7.55. The summed E-state index contributed by atoms with van der Waals surface area (Å²) in [6.07, 6.45) is 1.39. The van der Waals surface area contributed by atoms with Gasteiger partial charge in [-0.15, -0.1) is 0 Å². The molecule has 172 valence electrons. The minimum absolute atomic E-state index is 0.0535. The third-order valence-corrected chi connectivity index (χ3v) is 5.29. The van der Waals surface area contributed by atoms with Crippen molar-refractivity contribution in [3.05, 3.63) is 112 Å². The number of phenolic OH excluding ortho intramolecular Hbond substituents is 1. The highest BCUT2D eigenvalue weighted by atomic mass is 16.6. The number of carbonyl (C=O) groups is 1. The Labute approximate surface area is 200 Å². The number of non-ortho nitro benzene ring substituents is 1. The quantitative estimate of drug-likeness (QED) is 0.121. The van der Waals surface area contributed by atoms with Crippen LogP contribution in [0.3, 0.4) is 0 Å². The molecule has 0 atom stereocenters. The number of nitrogens with one attached hydrogen (secondary N) is 1. The first-order chi connectivity index (χ1) is 17.0. The average Bonchev–Trinajstić information content (AvgIpc) is 2.87. The van der Waals surface area contributed by atoms with Crippen LogP contribution in [-0.2, 0) is 11.4 Å². The minimum Gasteiger partial charge on any atom is -0.506 e. The predicted octanol–water partition coefficient (Wildman–Crippen LogP) is 5.58. The number of aromatic hydroxyl groups is 1. The molecule has 0 saturated carbocycles. The molecule has 0 unspecified atom stereocenters. The van der Waals surface area contributed by atoms with Gasteiger partial charge in [0.1, 0.15) is 29.7 Å². The molecular weight excluding hydrogens is 446 g/mol. The molecule has 2 N–H and O–H groups in total. The molecule has 0 fully saturated rings. The van der Waals surface area contributed by atoms with Crippen molar-refractivity contribution in [3.8, 4) is 17.6 Å². The first kappa shape index (κ1) is 23.0. The lowest BCUT2D eigenvalue weighted by Gasteiger charge is -2.12. The van der Waals surface area contributed by atoms with Crippen LogP contribution in [0, 0.1) is 21.4 Å². The number of ether oxygens (including phenoxy) is 1. The Balaban J connectivity index is 1.55. The lowest BCUT2D eigenvalue weighted by atomic mass is 10.1. The van der Waals surface area contributed by atoms with Crippen LogP contribution in [0.4, 0.5) is 11.4 Å². The van der Waals surface area contributed by atoms with E-state index in [2.05, 4.69) is 5.32 Å². The molecule has 4 rings (SSSR count). The Kier molecular flexibility index (Phi) is 6.70. The third kappa shape index (κ3) is 5.26. The lowest BCUT2D eigenvalue weighted by molar-refractivity contribution is -0.384. The van der Waals surface area contributed by atoms with Gasteiger partial charge < -0.3 is 15.2 Å². The zero-order valence-electron chi connectivity index (χ0n) is 18.3. The number of para-hydroxylation sites is 1. The molecule has 8 heteroatoms. The van der Waals surface area contributed by atoms with E-state index in [1.165, 1.54) is 12.1 Å². The predicted molar refractivity (Wildman–Crippen MR) is 132 cm³/mol. The summed E-state index contributed by atoms with van der Waals surface area (Å²) < 4.78 is 6.04. The Morgan fingerprint density at radius 1 is 1.06 bits per heavy atom. The summed E-state index contributed by atoms with van der Waals surface area (Å²) in [6, 6.07) is 26.0. The van der Waals surface area contributed by atoms with Crippen molar-refractivity contribution in [3.63, 3.8) is 0 Å². The fourth-order valence-electron chi connectivity index (χ4n) is 3.54. The van der Waals surface area contributed by atoms with Gasteiger partial charge in [-0.25, -0.2) is 0 Å². The number of benzene rings is 4. The number of fused-ring (bicyclic) bond motifs is 1. The molecule has 8 nitrogen and oxygen atoms in total. The number of amides is 1. The highest BCUT2D eigenvalue weighted by Crippen LogP contribution is 2.29. The molecule has 0 aliphatic heterocycles. The molecule has 0 saturated heterocycles. The molecule has 4 aromatic rings. The Bertz CT molecular complexity index is 1500. The Morgan fingerprint density at radius 2 is 1.80 bits per heavy atom. The van der Waals surface area contributed by atoms with Gasteiger partial charge in [0, 0.05) is 11.6 Å². The maximum atomic E-state index is 12.7. The molecular formula is C27H19N3O5. The van der Waals surface area contributed by atoms with E-state index in [0.717, 1.165) is 28.5 Å². The number of nitro benzene ring substituents is 1. The SMILES string of the molecule is N#CC(=Cc1ccccc1OCc1cccc2ccccc12)C(=O)Nc1ccc([N+](=O)[O-])cc1O. The number of anilines is 1. The largest absolute Gasteiger partial charge is 0.506 e. The van der Waals surface area contributed by atoms with Crippen LogP contribution in [0.15, 0.2) is 90.5 Å². The van der Waals surface area contributed by atoms with Gasteiger partial charge in [0.25, 0.3) is 11.6 Å². The number of hydrogen-bond donors (Lipinski definition) is 2. The highest BCUT2D eigenvalue weighted by Gasteiger charge is 2.16. The zero-order valence-corrected chi connectivity index (χ0v) is 18.3. The summed E-state index contributed by atoms with van der Waals surface area (Å²) in [6.45, 7) is 0.289. The van der Waals surface area contributed by atoms with E-state index in [9.17, 15) is 25.3 Å². The van der Waals surface area contributed by atoms with Gasteiger partial charge in [0.15, 0.2) is 0 Å². The lowest BCUT2D eigenvalue weighted by Crippen LogP contribution is -2.13. The number of nitriles is 1. The molecule has 0 heterocycles. The van der Waals surface area contributed by atoms with Crippen LogP contribution < -0.4 is 10.1 Å². The van der Waals surface area contributed by atoms with Gasteiger partial charge in [-0.1, -0.05) is 60.7 Å². The van der Waals surface area contributed by atoms with Gasteiger partial charge >= 0.3 is 0 Å². The van der Waals surface area contributed by atoms with E-state index in [-0.39, 0.29) is 23.6 Å². The summed E-state index contributed by atoms with van der Waals surface area (Å²) in [7, 11) is 0. The fourth-order valence-corrected chi connectivity index (χ4v) is 3.54. The smallest absolute Gasteiger partial charge is 0.273 e. The van der Waals surface area contributed by atoms with Crippen molar-refractivity contribution in [1.29, 1.82) is 5.26 Å². The standard InChI is InChI=1S/C27H19N3O5/c28-16-21(27(32)29-24-13-12-22(30(33)34)15-25(24)31)14-19-7-2-4-11-26(19)35-17-20-9-5-8-18-6-1-3-10-23(18)20/h1-15,31H,17H2,(H,29,32). The van der Waals surface area contributed by atoms with Gasteiger partial charge in [-0.3, -0.25) is 14.9 Å². The number of phenols is 1. The van der Waals surface area contributed by atoms with Crippen molar-refractivity contribution in [2.24, 2.45) is 0 Å². The summed E-state index contributed by atoms with van der Waals surface area (Å²) in [4.78, 5) is 22.8. The topological polar surface area (TPSA) is 125 Å². The van der Waals surface area contributed by atoms with Crippen molar-refractivity contribution in [1.82, 2.24) is 0 Å². The van der Waals surface area contributed by atoms with Crippen LogP contribution in [-0.4, -0.2) is 15.9 Å². The fraction of sp³-hybridized carbons (Fsp3) is 0.0370. The van der Waals surface area contributed by atoms with Gasteiger partial charge in [0.05, 0.1) is 16.7 Å². The molecule has 0 radical (unpaired) electrons. The van der Waals surface area contributed by atoms with E-state index in [1.807, 2.05) is 48.5 Å². The number of carbonyl (C=O) groups excluding carboxylic acids is 1. The van der Waals surface area contributed by atoms with E-state index in [0.29, 0.717) is 11.3 Å². The molecule has 0 aromatic heterocycles. The van der Waals surface area contributed by atoms with E-state index in [4.69, 9.17) is 4.74 Å². The van der Waals surface area contributed by atoms with Crippen molar-refractivity contribution in [2.45, 2.75) is 6.61 Å². The molecule has 0 spiro atoms. The molecule has 0 aliphatic carbocycles. The van der Waals surface area contributed by atoms with Gasteiger partial charge in [-0.05, 0) is 34.5 Å². The van der Waals surface area contributed by atoms with Crippen LogP contribution >= 0.6 is 0 Å². The second-order valence-corrected chi connectivity index (χ2v) is 7.55. The maximum Gasteiger partial charge on any atom is 0.273 e. The average molecular weight is 465 g/mol. The van der Waals surface area contributed by atoms with E-state index < -0.39 is 16.6 Å². The molecule has 35 heavy (non-hydrogen) atoms. The summed E-state index contributed by atoms with van der Waals surface area (Å²) in [5.74, 6) is -0.775. The first-order valence-electron chi connectivity index (χ1n) is 10.6. The summed E-state index contributed by atoms with van der Waals surface area (Å²) in [5.41, 5.74) is 0.904. The van der Waals surface area contributed by atoms with Gasteiger partial charge in [-0.2, -0.15) is 5.26 Å². The summed E-state index contributed by atoms with van der Waals surface area (Å²) >= 11 is 0. The molecule has 4 aromatic carbocycles. The normalized spacial score (nSPS) is 11.0. The number of rotatable bonds is 7. The van der Waals surface area contributed by atoms with E-state index >= 15 is 0 Å². The van der Waals surface area contributed by atoms with Crippen molar-refractivity contribution < 1.29 is 19.6 Å². The second kappa shape index (κ2) is 10.2. The van der Waals surface area contributed by atoms with Crippen LogP contribution in [0.25, 0.3) is 16.8 Å². The first-order valence-corrected chi connectivity index (χ1v) is 10.6. The van der Waals surface area contributed by atoms with E-state index in [1.54, 1.807) is 24.3 Å². The Morgan fingerprint density at radius 3 is 2.57 bits per heavy atom. The monoisotopic (exact) mass is 465 g/mol. The van der Waals surface area contributed by atoms with Crippen LogP contribution in [0.2, 0.25) is 0 Å². The molecule has 0 bridgehead atoms. The number of nitro groups is 1. The number of hydrogen-bond acceptors (Lipinski definition) is 6. The van der Waals surface area contributed by atoms with Crippen molar-refractivity contribution in [2.75, 3.05) is 5.32 Å². The van der Waals surface area contributed by atoms with Gasteiger partial charge in [0.2, 0.25) is 0 Å². The highest BCUT2D eigenvalue weighted by molar-refractivity contribution is 6.10. The van der Waals surface area contributed by atoms with Crippen LogP contribution in [0.1, 0.15) is 11.1 Å². The minimum atomic E-state index is -0.777. The molecule has 1 amide bonds. The third-order valence-electron chi connectivity index (χ3n) is 5.29. The summed E-state index contributed by atoms with van der Waals surface area (Å²) in [5, 5.41) is 35.0. The number of nitrogens with zero attached hydrogens (tertiary/aromatic N) is 2. The van der Waals surface area contributed by atoms with Crippen LogP contribution in [0.5, 0.6) is 11.5 Å². The zero-order chi connectivity index (χ0) is 24.8. The molecule has 0 aliphatic rings. The Hall–Kier alpha value is -5.16.